The number of nitrogens with one attached hydrogen (secondary N) is 2. The Kier molecular flexibility index (Phi) is 6.91. The van der Waals surface area contributed by atoms with E-state index in [0.717, 1.165) is 29.0 Å². The molecule has 0 aliphatic carbocycles. The van der Waals surface area contributed by atoms with Crippen LogP contribution >= 0.6 is 35.3 Å². The first kappa shape index (κ1) is 18.6. The van der Waals surface area contributed by atoms with E-state index >= 15 is 0 Å². The van der Waals surface area contributed by atoms with E-state index in [1.165, 1.54) is 4.88 Å². The highest BCUT2D eigenvalue weighted by Crippen LogP contribution is 2.10. The molecule has 2 N–H and O–H groups in total. The summed E-state index contributed by atoms with van der Waals surface area (Å²) in [5.74, 6) is 1.55. The molecular formula is C15H20IN7S. The summed E-state index contributed by atoms with van der Waals surface area (Å²) < 4.78 is 1.94. The van der Waals surface area contributed by atoms with Crippen LogP contribution in [0.15, 0.2) is 35.6 Å². The van der Waals surface area contributed by atoms with Crippen LogP contribution in [0.1, 0.15) is 22.6 Å². The maximum atomic E-state index is 4.58. The molecular weight excluding hydrogens is 437 g/mol. The standard InChI is InChI=1S/C15H19N7S.HI/c1-3-16-15(19-10-14-17-8-11(2)23-14)18-9-13-21-20-12-6-4-5-7-22(12)13;/h4-8H,3,9-10H2,1-2H3,(H2,16,18,19);1H. The van der Waals surface area contributed by atoms with E-state index in [9.17, 15) is 0 Å². The average Bonchev–Trinajstić information content (AvgIpc) is 3.16. The van der Waals surface area contributed by atoms with Crippen LogP contribution < -0.4 is 10.6 Å². The van der Waals surface area contributed by atoms with Crippen molar-refractivity contribution in [3.8, 4) is 0 Å². The minimum Gasteiger partial charge on any atom is -0.357 e. The summed E-state index contributed by atoms with van der Waals surface area (Å²) in [7, 11) is 0. The highest BCUT2D eigenvalue weighted by Gasteiger charge is 2.05. The van der Waals surface area contributed by atoms with Crippen molar-refractivity contribution in [3.05, 3.63) is 46.3 Å². The SMILES string of the molecule is CCNC(=NCc1nnc2ccccn12)NCc1ncc(C)s1.I. The second kappa shape index (κ2) is 8.92. The van der Waals surface area contributed by atoms with E-state index in [-0.39, 0.29) is 24.0 Å². The molecule has 0 saturated heterocycles. The quantitative estimate of drug-likeness (QED) is 0.350. The van der Waals surface area contributed by atoms with Gasteiger partial charge in [-0.15, -0.1) is 45.5 Å². The van der Waals surface area contributed by atoms with E-state index in [1.54, 1.807) is 11.3 Å². The van der Waals surface area contributed by atoms with Crippen LogP contribution in [0.3, 0.4) is 0 Å². The first-order valence-corrected chi connectivity index (χ1v) is 8.30. The molecule has 0 bridgehead atoms. The fraction of sp³-hybridized carbons (Fsp3) is 0.333. The monoisotopic (exact) mass is 457 g/mol. The molecule has 0 fully saturated rings. The molecule has 0 aliphatic rings. The third kappa shape index (κ3) is 4.63. The Balaban J connectivity index is 0.00000208. The van der Waals surface area contributed by atoms with Crippen LogP contribution in [0.25, 0.3) is 5.65 Å². The van der Waals surface area contributed by atoms with Crippen molar-refractivity contribution < 1.29 is 0 Å². The molecule has 24 heavy (non-hydrogen) atoms. The number of aliphatic imine (C=N–C) groups is 1. The smallest absolute Gasteiger partial charge is 0.192 e. The van der Waals surface area contributed by atoms with Gasteiger partial charge >= 0.3 is 0 Å². The number of hydrogen-bond acceptors (Lipinski definition) is 5. The summed E-state index contributed by atoms with van der Waals surface area (Å²) in [6.07, 6.45) is 3.83. The molecule has 0 amide bonds. The molecule has 0 radical (unpaired) electrons. The molecule has 9 heteroatoms. The Morgan fingerprint density at radius 2 is 2.17 bits per heavy atom. The van der Waals surface area contributed by atoms with Gasteiger partial charge in [-0.2, -0.15) is 0 Å². The van der Waals surface area contributed by atoms with Crippen LogP contribution in [-0.4, -0.2) is 32.1 Å². The maximum Gasteiger partial charge on any atom is 0.192 e. The number of thiazole rings is 1. The van der Waals surface area contributed by atoms with Crippen molar-refractivity contribution in [1.82, 2.24) is 30.2 Å². The molecule has 0 atom stereocenters. The van der Waals surface area contributed by atoms with Crippen LogP contribution in [0.2, 0.25) is 0 Å². The lowest BCUT2D eigenvalue weighted by Crippen LogP contribution is -2.36. The lowest BCUT2D eigenvalue weighted by molar-refractivity contribution is 0.796. The van der Waals surface area contributed by atoms with Gasteiger partial charge in [-0.25, -0.2) is 9.98 Å². The molecule has 0 spiro atoms. The first-order chi connectivity index (χ1) is 11.3. The molecule has 3 aromatic rings. The maximum absolute atomic E-state index is 4.58. The van der Waals surface area contributed by atoms with Crippen molar-refractivity contribution in [2.24, 2.45) is 4.99 Å². The minimum absolute atomic E-state index is 0. The molecule has 3 rings (SSSR count). The molecule has 0 aromatic carbocycles. The summed E-state index contributed by atoms with van der Waals surface area (Å²) in [4.78, 5) is 10.1. The predicted octanol–water partition coefficient (Wildman–Crippen LogP) is 2.37. The Morgan fingerprint density at radius 1 is 1.29 bits per heavy atom. The van der Waals surface area contributed by atoms with Crippen LogP contribution in [0.5, 0.6) is 0 Å². The molecule has 3 heterocycles. The van der Waals surface area contributed by atoms with E-state index < -0.39 is 0 Å². The number of nitrogens with zero attached hydrogens (tertiary/aromatic N) is 5. The summed E-state index contributed by atoms with van der Waals surface area (Å²) >= 11 is 1.68. The number of aromatic nitrogens is 4. The van der Waals surface area contributed by atoms with Crippen molar-refractivity contribution >= 4 is 46.9 Å². The second-order valence-electron chi connectivity index (χ2n) is 4.96. The largest absolute Gasteiger partial charge is 0.357 e. The predicted molar refractivity (Wildman–Crippen MR) is 107 cm³/mol. The average molecular weight is 457 g/mol. The number of pyridine rings is 1. The summed E-state index contributed by atoms with van der Waals surface area (Å²) in [5, 5.41) is 15.9. The topological polar surface area (TPSA) is 79.5 Å². The molecule has 7 nitrogen and oxygen atoms in total. The van der Waals surface area contributed by atoms with E-state index in [1.807, 2.05) is 41.9 Å². The van der Waals surface area contributed by atoms with Gasteiger partial charge in [-0.1, -0.05) is 6.07 Å². The van der Waals surface area contributed by atoms with Crippen molar-refractivity contribution in [1.29, 1.82) is 0 Å². The zero-order chi connectivity index (χ0) is 16.1. The summed E-state index contributed by atoms with van der Waals surface area (Å²) in [6.45, 7) is 6.00. The fourth-order valence-corrected chi connectivity index (χ4v) is 2.86. The van der Waals surface area contributed by atoms with Crippen LogP contribution in [0, 0.1) is 6.92 Å². The molecule has 3 aromatic heterocycles. The Morgan fingerprint density at radius 3 is 2.92 bits per heavy atom. The molecule has 0 saturated carbocycles. The van der Waals surface area contributed by atoms with Gasteiger partial charge in [0.1, 0.15) is 11.6 Å². The third-order valence-corrected chi connectivity index (χ3v) is 4.10. The lowest BCUT2D eigenvalue weighted by Gasteiger charge is -2.09. The number of guanidine groups is 1. The lowest BCUT2D eigenvalue weighted by atomic mass is 10.4. The number of hydrogen-bond donors (Lipinski definition) is 2. The highest BCUT2D eigenvalue weighted by atomic mass is 127. The van der Waals surface area contributed by atoms with Gasteiger partial charge in [0, 0.05) is 23.8 Å². The fourth-order valence-electron chi connectivity index (χ4n) is 2.13. The van der Waals surface area contributed by atoms with Gasteiger partial charge in [0.25, 0.3) is 0 Å². The number of halogens is 1. The van der Waals surface area contributed by atoms with Crippen LogP contribution in [-0.2, 0) is 13.1 Å². The normalized spacial score (nSPS) is 11.3. The second-order valence-corrected chi connectivity index (χ2v) is 6.28. The van der Waals surface area contributed by atoms with Gasteiger partial charge in [0.05, 0.1) is 6.54 Å². The van der Waals surface area contributed by atoms with Crippen molar-refractivity contribution in [2.45, 2.75) is 26.9 Å². The van der Waals surface area contributed by atoms with Gasteiger partial charge in [-0.05, 0) is 26.0 Å². The van der Waals surface area contributed by atoms with Crippen LogP contribution in [0.4, 0.5) is 0 Å². The van der Waals surface area contributed by atoms with Crippen molar-refractivity contribution in [3.63, 3.8) is 0 Å². The minimum atomic E-state index is 0. The molecule has 128 valence electrons. The van der Waals surface area contributed by atoms with Gasteiger partial charge in [-0.3, -0.25) is 4.40 Å². The first-order valence-electron chi connectivity index (χ1n) is 7.48. The van der Waals surface area contributed by atoms with Gasteiger partial charge < -0.3 is 10.6 Å². The van der Waals surface area contributed by atoms with Gasteiger partial charge in [0.15, 0.2) is 17.4 Å². The van der Waals surface area contributed by atoms with Crippen molar-refractivity contribution in [2.75, 3.05) is 6.54 Å². The summed E-state index contributed by atoms with van der Waals surface area (Å²) in [5.41, 5.74) is 0.828. The zero-order valence-electron chi connectivity index (χ0n) is 13.6. The zero-order valence-corrected chi connectivity index (χ0v) is 16.7. The number of aryl methyl sites for hydroxylation is 1. The Bertz CT molecular complexity index is 811. The van der Waals surface area contributed by atoms with E-state index in [4.69, 9.17) is 0 Å². The summed E-state index contributed by atoms with van der Waals surface area (Å²) in [6, 6.07) is 5.82. The Labute approximate surface area is 161 Å². The number of rotatable bonds is 5. The molecule has 0 aliphatic heterocycles. The third-order valence-electron chi connectivity index (χ3n) is 3.18. The molecule has 0 unspecified atom stereocenters. The van der Waals surface area contributed by atoms with E-state index in [0.29, 0.717) is 13.1 Å². The highest BCUT2D eigenvalue weighted by molar-refractivity contribution is 14.0. The Hall–Kier alpha value is -1.75. The van der Waals surface area contributed by atoms with Gasteiger partial charge in [0.2, 0.25) is 0 Å². The number of fused-ring (bicyclic) bond motifs is 1. The van der Waals surface area contributed by atoms with E-state index in [2.05, 4.69) is 37.7 Å².